The largest absolute Gasteiger partial charge is 0.388 e. The standard InChI is InChI=1S/C15H16FNO/c1-10-9-13(3-4-14(10)16)15(18)11(2)12-5-7-17-8-6-12/h3-9,11,15,18H,1-2H3. The van der Waals surface area contributed by atoms with E-state index in [4.69, 9.17) is 0 Å². The number of pyridine rings is 1. The number of hydrogen-bond donors (Lipinski definition) is 1. The highest BCUT2D eigenvalue weighted by Gasteiger charge is 2.18. The molecule has 0 aliphatic heterocycles. The van der Waals surface area contributed by atoms with Crippen LogP contribution in [-0.4, -0.2) is 10.1 Å². The number of aromatic nitrogens is 1. The number of aliphatic hydroxyl groups excluding tert-OH is 1. The van der Waals surface area contributed by atoms with E-state index >= 15 is 0 Å². The van der Waals surface area contributed by atoms with E-state index in [1.807, 2.05) is 19.1 Å². The highest BCUT2D eigenvalue weighted by molar-refractivity contribution is 5.29. The summed E-state index contributed by atoms with van der Waals surface area (Å²) in [5, 5.41) is 10.3. The molecule has 2 unspecified atom stereocenters. The van der Waals surface area contributed by atoms with Gasteiger partial charge in [-0.2, -0.15) is 0 Å². The van der Waals surface area contributed by atoms with E-state index in [0.29, 0.717) is 5.56 Å². The van der Waals surface area contributed by atoms with Gasteiger partial charge in [-0.15, -0.1) is 0 Å². The molecule has 0 aliphatic rings. The SMILES string of the molecule is Cc1cc(C(O)C(C)c2ccncc2)ccc1F. The van der Waals surface area contributed by atoms with Crippen molar-refractivity contribution in [3.63, 3.8) is 0 Å². The van der Waals surface area contributed by atoms with E-state index in [0.717, 1.165) is 11.1 Å². The molecule has 1 aromatic heterocycles. The molecule has 3 heteroatoms. The Kier molecular flexibility index (Phi) is 3.72. The lowest BCUT2D eigenvalue weighted by atomic mass is 9.91. The summed E-state index contributed by atoms with van der Waals surface area (Å²) in [5.74, 6) is -0.305. The van der Waals surface area contributed by atoms with Gasteiger partial charge in [0.1, 0.15) is 5.82 Å². The van der Waals surface area contributed by atoms with Crippen LogP contribution in [0.3, 0.4) is 0 Å². The third-order valence-electron chi connectivity index (χ3n) is 3.23. The second-order valence-electron chi connectivity index (χ2n) is 4.52. The van der Waals surface area contributed by atoms with Crippen LogP contribution in [0.1, 0.15) is 35.6 Å². The smallest absolute Gasteiger partial charge is 0.126 e. The molecule has 0 bridgehead atoms. The van der Waals surface area contributed by atoms with Gasteiger partial charge in [-0.3, -0.25) is 4.98 Å². The summed E-state index contributed by atoms with van der Waals surface area (Å²) in [6.45, 7) is 3.64. The van der Waals surface area contributed by atoms with Gasteiger partial charge in [0, 0.05) is 18.3 Å². The number of hydrogen-bond acceptors (Lipinski definition) is 2. The van der Waals surface area contributed by atoms with Gasteiger partial charge < -0.3 is 5.11 Å². The number of halogens is 1. The molecule has 0 saturated heterocycles. The fourth-order valence-corrected chi connectivity index (χ4v) is 1.99. The number of aliphatic hydroxyl groups is 1. The summed E-state index contributed by atoms with van der Waals surface area (Å²) in [6, 6.07) is 8.48. The molecular formula is C15H16FNO. The Balaban J connectivity index is 2.25. The van der Waals surface area contributed by atoms with Gasteiger partial charge in [-0.05, 0) is 41.8 Å². The molecule has 1 heterocycles. The second kappa shape index (κ2) is 5.27. The zero-order chi connectivity index (χ0) is 13.1. The van der Waals surface area contributed by atoms with Crippen molar-refractivity contribution in [1.82, 2.24) is 4.98 Å². The van der Waals surface area contributed by atoms with Crippen LogP contribution in [0.15, 0.2) is 42.7 Å². The summed E-state index contributed by atoms with van der Waals surface area (Å²) < 4.78 is 13.2. The lowest BCUT2D eigenvalue weighted by Crippen LogP contribution is -2.08. The maximum absolute atomic E-state index is 13.2. The molecule has 0 radical (unpaired) electrons. The summed E-state index contributed by atoms with van der Waals surface area (Å²) in [7, 11) is 0. The lowest BCUT2D eigenvalue weighted by Gasteiger charge is -2.20. The Labute approximate surface area is 106 Å². The van der Waals surface area contributed by atoms with Crippen LogP contribution in [-0.2, 0) is 0 Å². The number of aryl methyl sites for hydroxylation is 1. The van der Waals surface area contributed by atoms with Crippen molar-refractivity contribution >= 4 is 0 Å². The minimum Gasteiger partial charge on any atom is -0.388 e. The van der Waals surface area contributed by atoms with Crippen LogP contribution in [0, 0.1) is 12.7 Å². The van der Waals surface area contributed by atoms with Crippen molar-refractivity contribution in [3.05, 3.63) is 65.2 Å². The first-order chi connectivity index (χ1) is 8.59. The summed E-state index contributed by atoms with van der Waals surface area (Å²) >= 11 is 0. The zero-order valence-electron chi connectivity index (χ0n) is 10.5. The zero-order valence-corrected chi connectivity index (χ0v) is 10.5. The van der Waals surface area contributed by atoms with Crippen molar-refractivity contribution in [2.75, 3.05) is 0 Å². The topological polar surface area (TPSA) is 33.1 Å². The first-order valence-corrected chi connectivity index (χ1v) is 5.93. The van der Waals surface area contributed by atoms with Crippen molar-refractivity contribution in [2.24, 2.45) is 0 Å². The van der Waals surface area contributed by atoms with Crippen molar-refractivity contribution < 1.29 is 9.50 Å². The predicted octanol–water partition coefficient (Wildman–Crippen LogP) is 3.37. The van der Waals surface area contributed by atoms with Crippen molar-refractivity contribution in [3.8, 4) is 0 Å². The van der Waals surface area contributed by atoms with E-state index in [2.05, 4.69) is 4.98 Å². The van der Waals surface area contributed by atoms with Crippen molar-refractivity contribution in [1.29, 1.82) is 0 Å². The predicted molar refractivity (Wildman–Crippen MR) is 68.7 cm³/mol. The van der Waals surface area contributed by atoms with Crippen LogP contribution in [0.5, 0.6) is 0 Å². The minimum absolute atomic E-state index is 0.0575. The van der Waals surface area contributed by atoms with Gasteiger partial charge in [0.05, 0.1) is 6.10 Å². The van der Waals surface area contributed by atoms with Gasteiger partial charge >= 0.3 is 0 Å². The lowest BCUT2D eigenvalue weighted by molar-refractivity contribution is 0.151. The fraction of sp³-hybridized carbons (Fsp3) is 0.267. The molecule has 2 atom stereocenters. The Morgan fingerprint density at radius 2 is 1.78 bits per heavy atom. The maximum Gasteiger partial charge on any atom is 0.126 e. The number of nitrogens with zero attached hydrogens (tertiary/aromatic N) is 1. The average Bonchev–Trinajstić information content (AvgIpc) is 2.41. The third kappa shape index (κ3) is 2.57. The molecule has 0 amide bonds. The highest BCUT2D eigenvalue weighted by Crippen LogP contribution is 2.30. The Morgan fingerprint density at radius 1 is 1.11 bits per heavy atom. The van der Waals surface area contributed by atoms with E-state index in [1.54, 1.807) is 31.5 Å². The summed E-state index contributed by atoms with van der Waals surface area (Å²) in [5.41, 5.74) is 2.30. The van der Waals surface area contributed by atoms with E-state index in [-0.39, 0.29) is 11.7 Å². The fourth-order valence-electron chi connectivity index (χ4n) is 1.99. The normalized spacial score (nSPS) is 14.2. The quantitative estimate of drug-likeness (QED) is 0.899. The molecule has 0 saturated carbocycles. The molecule has 2 nitrogen and oxygen atoms in total. The molecule has 1 N–H and O–H groups in total. The van der Waals surface area contributed by atoms with Crippen molar-refractivity contribution in [2.45, 2.75) is 25.9 Å². The highest BCUT2D eigenvalue weighted by atomic mass is 19.1. The van der Waals surface area contributed by atoms with Gasteiger partial charge in [-0.25, -0.2) is 4.39 Å². The molecule has 2 rings (SSSR count). The minimum atomic E-state index is -0.647. The Bertz CT molecular complexity index is 527. The third-order valence-corrected chi connectivity index (χ3v) is 3.23. The molecule has 0 fully saturated rings. The van der Waals surface area contributed by atoms with Crippen LogP contribution in [0.25, 0.3) is 0 Å². The van der Waals surface area contributed by atoms with Crippen LogP contribution >= 0.6 is 0 Å². The molecule has 2 aromatic rings. The van der Waals surface area contributed by atoms with Gasteiger partial charge in [0.25, 0.3) is 0 Å². The van der Waals surface area contributed by atoms with Gasteiger partial charge in [0.2, 0.25) is 0 Å². The molecule has 0 spiro atoms. The monoisotopic (exact) mass is 245 g/mol. The van der Waals surface area contributed by atoms with E-state index in [9.17, 15) is 9.50 Å². The van der Waals surface area contributed by atoms with E-state index < -0.39 is 6.10 Å². The molecule has 0 aliphatic carbocycles. The second-order valence-corrected chi connectivity index (χ2v) is 4.52. The first-order valence-electron chi connectivity index (χ1n) is 5.93. The molecule has 18 heavy (non-hydrogen) atoms. The first kappa shape index (κ1) is 12.7. The Hall–Kier alpha value is -1.74. The molecule has 1 aromatic carbocycles. The molecule has 94 valence electrons. The van der Waals surface area contributed by atoms with E-state index in [1.165, 1.54) is 6.07 Å². The van der Waals surface area contributed by atoms with Crippen LogP contribution in [0.2, 0.25) is 0 Å². The number of benzene rings is 1. The maximum atomic E-state index is 13.2. The van der Waals surface area contributed by atoms with Crippen LogP contribution in [0.4, 0.5) is 4.39 Å². The summed E-state index contributed by atoms with van der Waals surface area (Å²) in [4.78, 5) is 3.95. The molecular weight excluding hydrogens is 229 g/mol. The Morgan fingerprint density at radius 3 is 2.39 bits per heavy atom. The van der Waals surface area contributed by atoms with Crippen LogP contribution < -0.4 is 0 Å². The summed E-state index contributed by atoms with van der Waals surface area (Å²) in [6.07, 6.45) is 2.76. The van der Waals surface area contributed by atoms with Gasteiger partial charge in [0.15, 0.2) is 0 Å². The average molecular weight is 245 g/mol. The van der Waals surface area contributed by atoms with Gasteiger partial charge in [-0.1, -0.05) is 19.1 Å². The number of rotatable bonds is 3.